The van der Waals surface area contributed by atoms with Gasteiger partial charge < -0.3 is 85.9 Å². The van der Waals surface area contributed by atoms with Crippen LogP contribution < -0.4 is 0 Å². The van der Waals surface area contributed by atoms with Crippen molar-refractivity contribution in [2.24, 2.45) is 0 Å². The molecule has 0 saturated carbocycles. The molecule has 3 N–H and O–H groups in total. The molecule has 0 aliphatic heterocycles. The van der Waals surface area contributed by atoms with Crippen molar-refractivity contribution in [2.45, 2.75) is 0 Å². The maximum atomic E-state index is 10.7. The summed E-state index contributed by atoms with van der Waals surface area (Å²) in [5, 5.41) is 8.58. The highest BCUT2D eigenvalue weighted by Gasteiger charge is 2.11. The van der Waals surface area contributed by atoms with E-state index in [9.17, 15) is 4.57 Å². The average Bonchev–Trinajstić information content (AvgIpc) is 3.12. The van der Waals surface area contributed by atoms with Gasteiger partial charge in [-0.2, -0.15) is 0 Å². The SMILES string of the molecule is O=P(O)(O)CCOCCOCCOCCOCCOCCOCCOCCOCCOCCOCCOCCOCCOCCOCCOCCO. The van der Waals surface area contributed by atoms with Crippen molar-refractivity contribution in [3.8, 4) is 0 Å². The lowest BCUT2D eigenvalue weighted by molar-refractivity contribution is -0.0301. The van der Waals surface area contributed by atoms with Crippen molar-refractivity contribution >= 4 is 7.60 Å². The van der Waals surface area contributed by atoms with Crippen LogP contribution in [0.4, 0.5) is 0 Å². The van der Waals surface area contributed by atoms with E-state index in [1.807, 2.05) is 0 Å². The highest BCUT2D eigenvalue weighted by atomic mass is 31.2. The van der Waals surface area contributed by atoms with Gasteiger partial charge in [0.05, 0.1) is 211 Å². The number of hydrogen-bond acceptors (Lipinski definition) is 17. The standard InChI is InChI=1S/C32H67O19P/c33-1-2-37-3-4-38-5-6-39-7-8-40-9-10-41-11-12-42-13-14-43-15-16-44-17-18-45-19-20-46-21-22-47-23-24-48-25-26-49-27-28-50-29-30-51-31-32-52(34,35)36/h33H,1-32H2,(H2,34,35,36). The molecule has 0 aliphatic carbocycles. The van der Waals surface area contributed by atoms with Crippen LogP contribution in [0.3, 0.4) is 0 Å². The van der Waals surface area contributed by atoms with Crippen molar-refractivity contribution in [2.75, 3.05) is 211 Å². The first kappa shape index (κ1) is 51.5. The van der Waals surface area contributed by atoms with Gasteiger partial charge in [0.2, 0.25) is 0 Å². The highest BCUT2D eigenvalue weighted by Crippen LogP contribution is 2.33. The second-order valence-corrected chi connectivity index (χ2v) is 12.1. The third-order valence-corrected chi connectivity index (χ3v) is 6.74. The van der Waals surface area contributed by atoms with Crippen LogP contribution in [-0.2, 0) is 75.6 Å². The van der Waals surface area contributed by atoms with Crippen molar-refractivity contribution in [3.63, 3.8) is 0 Å². The molecule has 0 atom stereocenters. The zero-order chi connectivity index (χ0) is 37.7. The van der Waals surface area contributed by atoms with Crippen molar-refractivity contribution in [1.82, 2.24) is 0 Å². The lowest BCUT2D eigenvalue weighted by Gasteiger charge is -2.09. The minimum atomic E-state index is -4.01. The molecule has 0 bridgehead atoms. The van der Waals surface area contributed by atoms with Crippen LogP contribution in [0.25, 0.3) is 0 Å². The molecular formula is C32H67O19P. The van der Waals surface area contributed by atoms with Gasteiger partial charge in [-0.05, 0) is 0 Å². The first-order valence-corrected chi connectivity index (χ1v) is 19.7. The maximum Gasteiger partial charge on any atom is 0.327 e. The summed E-state index contributed by atoms with van der Waals surface area (Å²) in [5.41, 5.74) is 0. The van der Waals surface area contributed by atoms with E-state index >= 15 is 0 Å². The molecule has 0 fully saturated rings. The van der Waals surface area contributed by atoms with Crippen LogP contribution in [0.1, 0.15) is 0 Å². The van der Waals surface area contributed by atoms with E-state index in [1.165, 1.54) is 0 Å². The summed E-state index contributed by atoms with van der Waals surface area (Å²) in [6.07, 6.45) is -0.291. The van der Waals surface area contributed by atoms with Gasteiger partial charge in [0.25, 0.3) is 0 Å². The molecule has 0 aromatic heterocycles. The third kappa shape index (κ3) is 49.5. The molecule has 0 unspecified atom stereocenters. The van der Waals surface area contributed by atoms with Gasteiger partial charge in [-0.1, -0.05) is 0 Å². The lowest BCUT2D eigenvalue weighted by Crippen LogP contribution is -2.15. The van der Waals surface area contributed by atoms with Crippen LogP contribution in [0, 0.1) is 0 Å². The summed E-state index contributed by atoms with van der Waals surface area (Å²) >= 11 is 0. The van der Waals surface area contributed by atoms with E-state index in [4.69, 9.17) is 85.9 Å². The molecular weight excluding hydrogens is 719 g/mol. The van der Waals surface area contributed by atoms with Gasteiger partial charge in [0, 0.05) is 0 Å². The topological polar surface area (TPSA) is 216 Å². The summed E-state index contributed by atoms with van der Waals surface area (Å²) in [7, 11) is -4.01. The number of rotatable bonds is 47. The first-order valence-electron chi connectivity index (χ1n) is 17.9. The largest absolute Gasteiger partial charge is 0.394 e. The molecule has 0 aromatic rings. The van der Waals surface area contributed by atoms with Crippen LogP contribution in [0.5, 0.6) is 0 Å². The predicted molar refractivity (Wildman–Crippen MR) is 186 cm³/mol. The second-order valence-electron chi connectivity index (χ2n) is 10.3. The fraction of sp³-hybridized carbons (Fsp3) is 1.00. The molecule has 0 saturated heterocycles. The number of hydrogen-bond donors (Lipinski definition) is 3. The van der Waals surface area contributed by atoms with E-state index in [0.29, 0.717) is 185 Å². The smallest absolute Gasteiger partial charge is 0.327 e. The predicted octanol–water partition coefficient (Wildman–Crippen LogP) is -0.595. The Morgan fingerprint density at radius 1 is 0.250 bits per heavy atom. The van der Waals surface area contributed by atoms with E-state index in [2.05, 4.69) is 0 Å². The molecule has 0 spiro atoms. The summed E-state index contributed by atoms with van der Waals surface area (Å²) in [4.78, 5) is 17.4. The van der Waals surface area contributed by atoms with Crippen LogP contribution >= 0.6 is 7.60 Å². The van der Waals surface area contributed by atoms with Crippen LogP contribution in [0.2, 0.25) is 0 Å². The number of aliphatic hydroxyl groups excluding tert-OH is 1. The molecule has 0 aliphatic rings. The van der Waals surface area contributed by atoms with E-state index in [-0.39, 0.29) is 26.0 Å². The van der Waals surface area contributed by atoms with Crippen molar-refractivity contribution < 1.29 is 90.5 Å². The highest BCUT2D eigenvalue weighted by molar-refractivity contribution is 7.51. The number of ether oxygens (including phenoxy) is 15. The Labute approximate surface area is 309 Å². The molecule has 0 radical (unpaired) electrons. The minimum Gasteiger partial charge on any atom is -0.394 e. The fourth-order valence-corrected chi connectivity index (χ4v) is 3.80. The zero-order valence-electron chi connectivity index (χ0n) is 30.9. The Hall–Kier alpha value is -0.490. The lowest BCUT2D eigenvalue weighted by atomic mass is 10.6. The molecule has 19 nitrogen and oxygen atoms in total. The van der Waals surface area contributed by atoms with Gasteiger partial charge in [-0.25, -0.2) is 0 Å². The molecule has 0 amide bonds. The summed E-state index contributed by atoms with van der Waals surface area (Å²) < 4.78 is 91.3. The Morgan fingerprint density at radius 3 is 0.519 bits per heavy atom. The molecule has 314 valence electrons. The second kappa shape index (κ2) is 44.9. The zero-order valence-corrected chi connectivity index (χ0v) is 31.8. The Balaban J connectivity index is 3.06. The third-order valence-electron chi connectivity index (χ3n) is 5.97. The quantitative estimate of drug-likeness (QED) is 0.0519. The average molecular weight is 787 g/mol. The first-order chi connectivity index (χ1) is 25.6. The molecule has 0 heterocycles. The fourth-order valence-electron chi connectivity index (χ4n) is 3.43. The monoisotopic (exact) mass is 786 g/mol. The van der Waals surface area contributed by atoms with Gasteiger partial charge in [0.1, 0.15) is 0 Å². The van der Waals surface area contributed by atoms with Gasteiger partial charge in [0.15, 0.2) is 0 Å². The molecule has 52 heavy (non-hydrogen) atoms. The maximum absolute atomic E-state index is 10.7. The van der Waals surface area contributed by atoms with Crippen molar-refractivity contribution in [1.29, 1.82) is 0 Å². The Bertz CT molecular complexity index is 709. The van der Waals surface area contributed by atoms with Crippen molar-refractivity contribution in [3.05, 3.63) is 0 Å². The normalized spacial score (nSPS) is 12.0. The van der Waals surface area contributed by atoms with Gasteiger partial charge >= 0.3 is 7.60 Å². The van der Waals surface area contributed by atoms with Gasteiger partial charge in [-0.15, -0.1) is 0 Å². The molecule has 20 heteroatoms. The van der Waals surface area contributed by atoms with E-state index in [1.54, 1.807) is 0 Å². The van der Waals surface area contributed by atoms with E-state index in [0.717, 1.165) is 0 Å². The Kier molecular flexibility index (Phi) is 44.5. The van der Waals surface area contributed by atoms with Crippen LogP contribution in [-0.4, -0.2) is 226 Å². The number of aliphatic hydroxyl groups is 1. The van der Waals surface area contributed by atoms with Gasteiger partial charge in [-0.3, -0.25) is 4.57 Å². The molecule has 0 rings (SSSR count). The Morgan fingerprint density at radius 2 is 0.385 bits per heavy atom. The molecule has 0 aromatic carbocycles. The van der Waals surface area contributed by atoms with Crippen LogP contribution in [0.15, 0.2) is 0 Å². The summed E-state index contributed by atoms with van der Waals surface area (Å²) in [6.45, 7) is 13.3. The minimum absolute atomic E-state index is 0.00266. The summed E-state index contributed by atoms with van der Waals surface area (Å²) in [5.74, 6) is 0. The summed E-state index contributed by atoms with van der Waals surface area (Å²) in [6, 6.07) is 0. The van der Waals surface area contributed by atoms with E-state index < -0.39 is 7.60 Å².